The number of benzene rings is 1. The second-order valence-corrected chi connectivity index (χ2v) is 7.66. The summed E-state index contributed by atoms with van der Waals surface area (Å²) in [6, 6.07) is 5.56. The molecule has 0 atom stereocenters. The molecule has 0 aliphatic rings. The van der Waals surface area contributed by atoms with Gasteiger partial charge >= 0.3 is 5.69 Å². The summed E-state index contributed by atoms with van der Waals surface area (Å²) in [5.41, 5.74) is 0.143. The molecule has 0 bridgehead atoms. The molecule has 0 saturated carbocycles. The zero-order valence-electron chi connectivity index (χ0n) is 16.1. The first-order valence-corrected chi connectivity index (χ1v) is 9.96. The summed E-state index contributed by atoms with van der Waals surface area (Å²) in [6.07, 6.45) is 1.83. The first kappa shape index (κ1) is 20.0. The number of likely N-dealkylation sites (N-methyl/N-ethyl adjacent to an activating group) is 1. The number of halogens is 1. The predicted octanol–water partition coefficient (Wildman–Crippen LogP) is 2.92. The van der Waals surface area contributed by atoms with Gasteiger partial charge in [-0.15, -0.1) is 11.3 Å². The fourth-order valence-corrected chi connectivity index (χ4v) is 3.92. The molecule has 148 valence electrons. The minimum atomic E-state index is -0.608. The Balaban J connectivity index is 2.16. The molecule has 8 heteroatoms. The molecule has 3 rings (SSSR count). The van der Waals surface area contributed by atoms with Gasteiger partial charge in [-0.25, -0.2) is 13.8 Å². The van der Waals surface area contributed by atoms with Crippen molar-refractivity contribution in [2.75, 3.05) is 13.6 Å². The monoisotopic (exact) mass is 403 g/mol. The lowest BCUT2D eigenvalue weighted by Gasteiger charge is -2.19. The fourth-order valence-electron chi connectivity index (χ4n) is 3.10. The van der Waals surface area contributed by atoms with Gasteiger partial charge in [-0.3, -0.25) is 14.2 Å². The fraction of sp³-hybridized carbons (Fsp3) is 0.350. The van der Waals surface area contributed by atoms with Gasteiger partial charge in [0.05, 0.1) is 11.2 Å². The molecule has 1 aromatic carbocycles. The second-order valence-electron chi connectivity index (χ2n) is 6.74. The van der Waals surface area contributed by atoms with Crippen LogP contribution in [0, 0.1) is 12.7 Å². The zero-order valence-corrected chi connectivity index (χ0v) is 16.9. The number of aromatic nitrogens is 2. The number of carbonyl (C=O) groups excluding carboxylic acids is 1. The van der Waals surface area contributed by atoms with Gasteiger partial charge in [-0.05, 0) is 48.6 Å². The van der Waals surface area contributed by atoms with Crippen molar-refractivity contribution in [1.82, 2.24) is 14.0 Å². The molecule has 2 heterocycles. The molecule has 6 nitrogen and oxygen atoms in total. The largest absolute Gasteiger partial charge is 0.344 e. The molecule has 0 unspecified atom stereocenters. The van der Waals surface area contributed by atoms with Crippen molar-refractivity contribution in [1.29, 1.82) is 0 Å². The maximum absolute atomic E-state index is 13.5. The first-order valence-electron chi connectivity index (χ1n) is 9.08. The van der Waals surface area contributed by atoms with E-state index in [1.54, 1.807) is 30.3 Å². The molecule has 0 fully saturated rings. The van der Waals surface area contributed by atoms with Crippen LogP contribution in [-0.4, -0.2) is 33.5 Å². The van der Waals surface area contributed by atoms with Crippen LogP contribution in [0.4, 0.5) is 4.39 Å². The highest BCUT2D eigenvalue weighted by Gasteiger charge is 2.19. The summed E-state index contributed by atoms with van der Waals surface area (Å²) in [5, 5.41) is 1.72. The van der Waals surface area contributed by atoms with E-state index in [4.69, 9.17) is 0 Å². The molecule has 0 N–H and O–H groups in total. The van der Waals surface area contributed by atoms with Crippen LogP contribution in [-0.2, 0) is 11.3 Å². The Morgan fingerprint density at radius 2 is 2.00 bits per heavy atom. The van der Waals surface area contributed by atoms with Crippen molar-refractivity contribution < 1.29 is 9.18 Å². The van der Waals surface area contributed by atoms with E-state index >= 15 is 0 Å². The third-order valence-electron chi connectivity index (χ3n) is 4.72. The van der Waals surface area contributed by atoms with Crippen molar-refractivity contribution in [3.8, 4) is 5.69 Å². The summed E-state index contributed by atoms with van der Waals surface area (Å²) in [6.45, 7) is 4.12. The Labute approximate surface area is 165 Å². The lowest BCUT2D eigenvalue weighted by atomic mass is 10.2. The number of nitrogens with zero attached hydrogens (tertiary/aromatic N) is 3. The molecule has 0 radical (unpaired) electrons. The highest BCUT2D eigenvalue weighted by atomic mass is 32.1. The number of rotatable bonds is 6. The van der Waals surface area contributed by atoms with Crippen LogP contribution in [0.15, 0.2) is 39.2 Å². The van der Waals surface area contributed by atoms with Crippen LogP contribution in [0.1, 0.15) is 25.3 Å². The number of carbonyl (C=O) groups is 1. The van der Waals surface area contributed by atoms with Gasteiger partial charge in [0.2, 0.25) is 5.91 Å². The van der Waals surface area contributed by atoms with Crippen molar-refractivity contribution in [2.45, 2.75) is 33.2 Å². The number of fused-ring (bicyclic) bond motifs is 1. The Kier molecular flexibility index (Phi) is 5.79. The number of hydrogen-bond acceptors (Lipinski definition) is 4. The van der Waals surface area contributed by atoms with Crippen LogP contribution in [0.3, 0.4) is 0 Å². The topological polar surface area (TPSA) is 64.3 Å². The van der Waals surface area contributed by atoms with Gasteiger partial charge in [0, 0.05) is 13.6 Å². The van der Waals surface area contributed by atoms with Gasteiger partial charge < -0.3 is 4.90 Å². The zero-order chi connectivity index (χ0) is 20.4. The molecular weight excluding hydrogens is 381 g/mol. The first-order chi connectivity index (χ1) is 13.3. The lowest BCUT2D eigenvalue weighted by molar-refractivity contribution is -0.130. The van der Waals surface area contributed by atoms with Crippen LogP contribution in [0.5, 0.6) is 0 Å². The predicted molar refractivity (Wildman–Crippen MR) is 109 cm³/mol. The molecule has 1 amide bonds. The number of unbranched alkanes of at least 4 members (excludes halogenated alkanes) is 1. The summed E-state index contributed by atoms with van der Waals surface area (Å²) in [7, 11) is 1.70. The van der Waals surface area contributed by atoms with E-state index in [9.17, 15) is 18.8 Å². The lowest BCUT2D eigenvalue weighted by Crippen LogP contribution is -2.42. The Morgan fingerprint density at radius 1 is 1.25 bits per heavy atom. The van der Waals surface area contributed by atoms with E-state index < -0.39 is 17.1 Å². The molecular formula is C20H22FN3O3S. The quantitative estimate of drug-likeness (QED) is 0.636. The van der Waals surface area contributed by atoms with Gasteiger partial charge in [0.25, 0.3) is 5.56 Å². The van der Waals surface area contributed by atoms with Crippen LogP contribution >= 0.6 is 11.3 Å². The highest BCUT2D eigenvalue weighted by molar-refractivity contribution is 7.17. The third-order valence-corrected chi connectivity index (χ3v) is 5.61. The molecule has 0 saturated heterocycles. The SMILES string of the molecule is CCCCN(C)C(=O)Cn1c(=O)n(-c2ccc(F)cc2C)c(=O)c2sccc21. The Morgan fingerprint density at radius 3 is 2.68 bits per heavy atom. The molecule has 3 aromatic rings. The molecule has 0 spiro atoms. The average Bonchev–Trinajstić information content (AvgIpc) is 3.14. The minimum Gasteiger partial charge on any atom is -0.344 e. The number of aryl methyl sites for hydroxylation is 1. The van der Waals surface area contributed by atoms with E-state index in [1.807, 2.05) is 6.92 Å². The molecule has 2 aromatic heterocycles. The van der Waals surface area contributed by atoms with Crippen molar-refractivity contribution in [3.63, 3.8) is 0 Å². The van der Waals surface area contributed by atoms with Crippen molar-refractivity contribution in [3.05, 3.63) is 61.9 Å². The Bertz CT molecular complexity index is 1150. The standard InChI is InChI=1S/C20H22FN3O3S/c1-4-5-9-22(3)17(25)12-23-16-8-10-28-18(16)19(26)24(20(23)27)15-7-6-14(21)11-13(15)2/h6-8,10-11H,4-5,9,12H2,1-3H3. The number of hydrogen-bond donors (Lipinski definition) is 0. The van der Waals surface area contributed by atoms with Crippen molar-refractivity contribution in [2.24, 2.45) is 0 Å². The van der Waals surface area contributed by atoms with Gasteiger partial charge in [0.1, 0.15) is 17.1 Å². The van der Waals surface area contributed by atoms with E-state index in [0.29, 0.717) is 28.0 Å². The smallest absolute Gasteiger partial charge is 0.336 e. The van der Waals surface area contributed by atoms with Gasteiger partial charge in [0.15, 0.2) is 0 Å². The Hall–Kier alpha value is -2.74. The van der Waals surface area contributed by atoms with Crippen molar-refractivity contribution >= 4 is 27.5 Å². The maximum Gasteiger partial charge on any atom is 0.336 e. The second kappa shape index (κ2) is 8.10. The summed E-state index contributed by atoms with van der Waals surface area (Å²) in [4.78, 5) is 40.3. The molecule has 28 heavy (non-hydrogen) atoms. The van der Waals surface area contributed by atoms with E-state index in [0.717, 1.165) is 17.4 Å². The van der Waals surface area contributed by atoms with E-state index in [2.05, 4.69) is 0 Å². The van der Waals surface area contributed by atoms with E-state index in [-0.39, 0.29) is 12.5 Å². The van der Waals surface area contributed by atoms with E-state index in [1.165, 1.54) is 34.1 Å². The molecule has 0 aliphatic carbocycles. The van der Waals surface area contributed by atoms with Crippen LogP contribution in [0.2, 0.25) is 0 Å². The van der Waals surface area contributed by atoms with Gasteiger partial charge in [-0.2, -0.15) is 0 Å². The van der Waals surface area contributed by atoms with Gasteiger partial charge in [-0.1, -0.05) is 13.3 Å². The maximum atomic E-state index is 13.5. The van der Waals surface area contributed by atoms with Crippen LogP contribution < -0.4 is 11.2 Å². The number of thiophene rings is 1. The number of amides is 1. The summed E-state index contributed by atoms with van der Waals surface area (Å²) in [5.74, 6) is -0.649. The highest BCUT2D eigenvalue weighted by Crippen LogP contribution is 2.18. The summed E-state index contributed by atoms with van der Waals surface area (Å²) >= 11 is 1.21. The summed E-state index contributed by atoms with van der Waals surface area (Å²) < 4.78 is 16.2. The van der Waals surface area contributed by atoms with Crippen LogP contribution in [0.25, 0.3) is 15.9 Å². The minimum absolute atomic E-state index is 0.160. The average molecular weight is 403 g/mol. The third kappa shape index (κ3) is 3.64. The molecule has 0 aliphatic heterocycles. The normalized spacial score (nSPS) is 11.1.